The van der Waals surface area contributed by atoms with Crippen molar-refractivity contribution in [3.05, 3.63) is 55.4 Å². The fraction of sp³-hybridized carbons (Fsp3) is 0.143. The van der Waals surface area contributed by atoms with E-state index >= 15 is 0 Å². The summed E-state index contributed by atoms with van der Waals surface area (Å²) in [6.07, 6.45) is 0. The number of pyridine rings is 1. The molecule has 0 aliphatic carbocycles. The van der Waals surface area contributed by atoms with Crippen LogP contribution in [0.3, 0.4) is 0 Å². The highest BCUT2D eigenvalue weighted by Crippen LogP contribution is 2.34. The summed E-state index contributed by atoms with van der Waals surface area (Å²) in [5.41, 5.74) is 2.16. The Balaban J connectivity index is 2.87. The van der Waals surface area contributed by atoms with E-state index in [0.29, 0.717) is 26.9 Å². The average Bonchev–Trinajstić information content (AvgIpc) is 2.33. The Kier molecular flexibility index (Phi) is 3.66. The van der Waals surface area contributed by atoms with E-state index in [2.05, 4.69) is 4.98 Å². The number of benzene rings is 1. The van der Waals surface area contributed by atoms with Crippen LogP contribution in [0.15, 0.2) is 23.0 Å². The maximum absolute atomic E-state index is 11.8. The van der Waals surface area contributed by atoms with Gasteiger partial charge in [0.1, 0.15) is 11.6 Å². The van der Waals surface area contributed by atoms with Crippen molar-refractivity contribution >= 4 is 23.2 Å². The van der Waals surface area contributed by atoms with Gasteiger partial charge in [-0.3, -0.25) is 4.79 Å². The largest absolute Gasteiger partial charge is 0.325 e. The van der Waals surface area contributed by atoms with Crippen LogP contribution >= 0.6 is 23.2 Å². The van der Waals surface area contributed by atoms with Crippen LogP contribution in [0.5, 0.6) is 0 Å². The zero-order chi connectivity index (χ0) is 14.2. The first kappa shape index (κ1) is 13.7. The molecule has 2 aromatic rings. The molecule has 0 bridgehead atoms. The molecule has 0 saturated heterocycles. The van der Waals surface area contributed by atoms with Crippen LogP contribution in [-0.2, 0) is 0 Å². The first-order chi connectivity index (χ1) is 8.93. The van der Waals surface area contributed by atoms with Gasteiger partial charge in [-0.25, -0.2) is 0 Å². The van der Waals surface area contributed by atoms with Gasteiger partial charge in [0.05, 0.1) is 5.02 Å². The first-order valence-electron chi connectivity index (χ1n) is 5.54. The summed E-state index contributed by atoms with van der Waals surface area (Å²) in [5.74, 6) is 0. The van der Waals surface area contributed by atoms with Crippen molar-refractivity contribution in [3.8, 4) is 17.2 Å². The Morgan fingerprint density at radius 2 is 1.84 bits per heavy atom. The molecule has 1 N–H and O–H groups in total. The summed E-state index contributed by atoms with van der Waals surface area (Å²) >= 11 is 12.3. The van der Waals surface area contributed by atoms with Gasteiger partial charge in [-0.05, 0) is 37.6 Å². The zero-order valence-corrected chi connectivity index (χ0v) is 11.9. The van der Waals surface area contributed by atoms with Crippen molar-refractivity contribution in [3.63, 3.8) is 0 Å². The molecule has 0 fully saturated rings. The number of aromatic nitrogens is 1. The fourth-order valence-electron chi connectivity index (χ4n) is 1.93. The van der Waals surface area contributed by atoms with Gasteiger partial charge in [-0.2, -0.15) is 5.26 Å². The van der Waals surface area contributed by atoms with Crippen LogP contribution in [0.1, 0.15) is 16.8 Å². The minimum absolute atomic E-state index is 0.0363. The van der Waals surface area contributed by atoms with Gasteiger partial charge in [0.15, 0.2) is 0 Å². The molecule has 1 aromatic carbocycles. The van der Waals surface area contributed by atoms with Crippen molar-refractivity contribution in [1.29, 1.82) is 5.26 Å². The molecule has 1 heterocycles. The number of nitriles is 1. The van der Waals surface area contributed by atoms with Crippen LogP contribution in [0.4, 0.5) is 0 Å². The van der Waals surface area contributed by atoms with E-state index in [1.54, 1.807) is 25.1 Å². The Bertz CT molecular complexity index is 757. The van der Waals surface area contributed by atoms with E-state index < -0.39 is 5.56 Å². The lowest BCUT2D eigenvalue weighted by Gasteiger charge is -2.10. The Hall–Kier alpha value is -1.76. The van der Waals surface area contributed by atoms with Crippen molar-refractivity contribution in [1.82, 2.24) is 4.98 Å². The molecule has 1 aromatic heterocycles. The third-order valence-corrected chi connectivity index (χ3v) is 3.51. The van der Waals surface area contributed by atoms with Gasteiger partial charge >= 0.3 is 0 Å². The van der Waals surface area contributed by atoms with E-state index in [-0.39, 0.29) is 5.56 Å². The second kappa shape index (κ2) is 5.08. The molecule has 0 aliphatic heterocycles. The Labute approximate surface area is 120 Å². The third kappa shape index (κ3) is 2.51. The second-order valence-electron chi connectivity index (χ2n) is 4.27. The van der Waals surface area contributed by atoms with Gasteiger partial charge in [-0.1, -0.05) is 23.2 Å². The molecule has 0 spiro atoms. The number of halogens is 2. The monoisotopic (exact) mass is 292 g/mol. The van der Waals surface area contributed by atoms with Crippen LogP contribution < -0.4 is 5.56 Å². The number of H-pyrrole nitrogens is 1. The number of nitrogens with zero attached hydrogens (tertiary/aromatic N) is 1. The number of rotatable bonds is 1. The normalized spacial score (nSPS) is 10.3. The van der Waals surface area contributed by atoms with Crippen molar-refractivity contribution in [2.75, 3.05) is 0 Å². The Morgan fingerprint density at radius 3 is 2.47 bits per heavy atom. The number of hydrogen-bond donors (Lipinski definition) is 1. The molecule has 0 radical (unpaired) electrons. The molecule has 2 rings (SSSR count). The molecule has 19 heavy (non-hydrogen) atoms. The predicted molar refractivity (Wildman–Crippen MR) is 76.7 cm³/mol. The molecule has 0 aliphatic rings. The van der Waals surface area contributed by atoms with Crippen molar-refractivity contribution < 1.29 is 0 Å². The number of hydrogen-bond acceptors (Lipinski definition) is 2. The van der Waals surface area contributed by atoms with Crippen molar-refractivity contribution in [2.45, 2.75) is 13.8 Å². The Morgan fingerprint density at radius 1 is 1.16 bits per heavy atom. The van der Waals surface area contributed by atoms with E-state index in [9.17, 15) is 4.79 Å². The lowest BCUT2D eigenvalue weighted by Crippen LogP contribution is -2.12. The third-order valence-electron chi connectivity index (χ3n) is 2.79. The standard InChI is InChI=1S/C14H10Cl2N2O/c1-7-3-9(15)5-11(13(7)16)10-4-8(2)18-14(19)12(10)6-17/h3-5H,1-2H3,(H,18,19). The lowest BCUT2D eigenvalue weighted by molar-refractivity contribution is 1.13. The molecule has 0 unspecified atom stereocenters. The fourth-order valence-corrected chi connectivity index (χ4v) is 2.42. The van der Waals surface area contributed by atoms with E-state index in [0.717, 1.165) is 5.56 Å². The van der Waals surface area contributed by atoms with Crippen LogP contribution in [0, 0.1) is 25.2 Å². The summed E-state index contributed by atoms with van der Waals surface area (Å²) < 4.78 is 0. The summed E-state index contributed by atoms with van der Waals surface area (Å²) in [4.78, 5) is 14.4. The molecule has 3 nitrogen and oxygen atoms in total. The lowest BCUT2D eigenvalue weighted by atomic mass is 9.99. The number of nitrogens with one attached hydrogen (secondary N) is 1. The quantitative estimate of drug-likeness (QED) is 0.868. The van der Waals surface area contributed by atoms with Crippen LogP contribution in [0.2, 0.25) is 10.0 Å². The maximum Gasteiger partial charge on any atom is 0.266 e. The molecule has 96 valence electrons. The highest BCUT2D eigenvalue weighted by Gasteiger charge is 2.15. The highest BCUT2D eigenvalue weighted by atomic mass is 35.5. The van der Waals surface area contributed by atoms with Crippen molar-refractivity contribution in [2.24, 2.45) is 0 Å². The van der Waals surface area contributed by atoms with E-state index in [1.165, 1.54) is 0 Å². The van der Waals surface area contributed by atoms with Gasteiger partial charge in [0.2, 0.25) is 0 Å². The molecule has 0 saturated carbocycles. The predicted octanol–water partition coefficient (Wildman–Crippen LogP) is 3.84. The van der Waals surface area contributed by atoms with E-state index in [1.807, 2.05) is 13.0 Å². The topological polar surface area (TPSA) is 56.6 Å². The zero-order valence-electron chi connectivity index (χ0n) is 10.3. The van der Waals surface area contributed by atoms with Gasteiger partial charge in [0, 0.05) is 21.8 Å². The molecular weight excluding hydrogens is 283 g/mol. The maximum atomic E-state index is 11.8. The van der Waals surface area contributed by atoms with Gasteiger partial charge in [-0.15, -0.1) is 0 Å². The summed E-state index contributed by atoms with van der Waals surface area (Å²) in [6, 6.07) is 7.02. The van der Waals surface area contributed by atoms with Gasteiger partial charge in [0.25, 0.3) is 5.56 Å². The second-order valence-corrected chi connectivity index (χ2v) is 5.08. The summed E-state index contributed by atoms with van der Waals surface area (Å²) in [7, 11) is 0. The molecular formula is C14H10Cl2N2O. The minimum atomic E-state index is -0.425. The molecule has 0 atom stereocenters. The molecule has 5 heteroatoms. The number of aromatic amines is 1. The first-order valence-corrected chi connectivity index (χ1v) is 6.29. The molecule has 0 amide bonds. The van der Waals surface area contributed by atoms with Gasteiger partial charge < -0.3 is 4.98 Å². The summed E-state index contributed by atoms with van der Waals surface area (Å²) in [6.45, 7) is 3.57. The highest BCUT2D eigenvalue weighted by molar-refractivity contribution is 6.36. The minimum Gasteiger partial charge on any atom is -0.325 e. The van der Waals surface area contributed by atoms with Crippen LogP contribution in [-0.4, -0.2) is 4.98 Å². The van der Waals surface area contributed by atoms with E-state index in [4.69, 9.17) is 28.5 Å². The SMILES string of the molecule is Cc1cc(-c2cc(Cl)cc(C)c2Cl)c(C#N)c(=O)[nH]1. The van der Waals surface area contributed by atoms with Crippen LogP contribution in [0.25, 0.3) is 11.1 Å². The summed E-state index contributed by atoms with van der Waals surface area (Å²) in [5, 5.41) is 10.1. The number of aryl methyl sites for hydroxylation is 2. The average molecular weight is 293 g/mol. The smallest absolute Gasteiger partial charge is 0.266 e.